The van der Waals surface area contributed by atoms with Crippen LogP contribution in [0.25, 0.3) is 10.2 Å². The Morgan fingerprint density at radius 2 is 1.90 bits per heavy atom. The van der Waals surface area contributed by atoms with Crippen LogP contribution in [0.4, 0.5) is 16.5 Å². The number of rotatable bonds is 7. The Morgan fingerprint density at radius 1 is 1.26 bits per heavy atom. The van der Waals surface area contributed by atoms with Gasteiger partial charge >= 0.3 is 5.13 Å². The summed E-state index contributed by atoms with van der Waals surface area (Å²) < 4.78 is 8.42. The highest BCUT2D eigenvalue weighted by Crippen LogP contribution is 2.30. The van der Waals surface area contributed by atoms with Crippen LogP contribution in [0.5, 0.6) is 5.75 Å². The molecule has 1 unspecified atom stereocenters. The van der Waals surface area contributed by atoms with Gasteiger partial charge in [0.2, 0.25) is 0 Å². The van der Waals surface area contributed by atoms with Crippen molar-refractivity contribution in [3.8, 4) is 5.75 Å². The number of thiazole rings is 1. The zero-order valence-electron chi connectivity index (χ0n) is 18.4. The zero-order valence-corrected chi connectivity index (χ0v) is 19.2. The van der Waals surface area contributed by atoms with E-state index in [4.69, 9.17) is 14.6 Å². The van der Waals surface area contributed by atoms with Gasteiger partial charge in [0.1, 0.15) is 17.0 Å². The molecule has 1 heterocycles. The average Bonchev–Trinajstić information content (AvgIpc) is 3.07. The molecule has 1 N–H and O–H groups in total. The lowest BCUT2D eigenvalue weighted by Gasteiger charge is -2.28. The fourth-order valence-electron chi connectivity index (χ4n) is 3.00. The maximum absolute atomic E-state index is 9.40. The summed E-state index contributed by atoms with van der Waals surface area (Å²) in [5, 5.41) is 27.9. The number of carboxylic acid groups (broad SMARTS) is 1. The fourth-order valence-corrected chi connectivity index (χ4v) is 3.99. The Hall–Kier alpha value is -3.04. The lowest BCUT2D eigenvalue weighted by Crippen LogP contribution is -2.35. The molecule has 0 saturated heterocycles. The number of aliphatic carboxylic acids is 1. The van der Waals surface area contributed by atoms with Crippen LogP contribution in [0.3, 0.4) is 0 Å². The van der Waals surface area contributed by atoms with Gasteiger partial charge in [0.05, 0.1) is 30.6 Å². The average molecular weight is 445 g/mol. The molecule has 0 aliphatic heterocycles. The Balaban J connectivity index is 0.000000785. The van der Waals surface area contributed by atoms with Gasteiger partial charge in [-0.2, -0.15) is 0 Å². The number of aromatic nitrogens is 1. The first-order valence-corrected chi connectivity index (χ1v) is 10.7. The van der Waals surface area contributed by atoms with Gasteiger partial charge in [0.15, 0.2) is 0 Å². The van der Waals surface area contributed by atoms with Crippen LogP contribution in [-0.2, 0) is 11.8 Å². The van der Waals surface area contributed by atoms with E-state index in [1.165, 1.54) is 0 Å². The van der Waals surface area contributed by atoms with Crippen molar-refractivity contribution in [1.82, 2.24) is 0 Å². The summed E-state index contributed by atoms with van der Waals surface area (Å²) in [5.74, 6) is -0.249. The number of aliphatic hydroxyl groups is 1. The molecule has 3 aromatic rings. The molecule has 31 heavy (non-hydrogen) atoms. The van der Waals surface area contributed by atoms with E-state index in [9.17, 15) is 5.11 Å². The van der Waals surface area contributed by atoms with Crippen molar-refractivity contribution in [3.63, 3.8) is 0 Å². The topological polar surface area (TPSA) is 101 Å². The fraction of sp³-hybridized carbons (Fsp3) is 0.364. The van der Waals surface area contributed by atoms with E-state index in [0.717, 1.165) is 45.9 Å². The number of methoxy groups -OCH3 is 1. The van der Waals surface area contributed by atoms with E-state index in [0.29, 0.717) is 0 Å². The molecule has 0 fully saturated rings. The monoisotopic (exact) mass is 444 g/mol. The van der Waals surface area contributed by atoms with Crippen LogP contribution in [0, 0.1) is 0 Å². The molecule has 0 bridgehead atoms. The second-order valence-corrected chi connectivity index (χ2v) is 7.81. The summed E-state index contributed by atoms with van der Waals surface area (Å²) in [6.07, 6.45) is 0. The van der Waals surface area contributed by atoms with Crippen LogP contribution in [0.15, 0.2) is 52.7 Å². The Labute approximate surface area is 186 Å². The lowest BCUT2D eigenvalue weighted by atomic mass is 10.2. The zero-order chi connectivity index (χ0) is 23.0. The van der Waals surface area contributed by atoms with E-state index in [-0.39, 0.29) is 12.6 Å². The molecule has 0 radical (unpaired) electrons. The van der Waals surface area contributed by atoms with Crippen molar-refractivity contribution in [2.75, 3.05) is 25.2 Å². The standard InChI is InChI=1S/C20H25N4O2S.C2H4O2/c1-5-24(14(2)13-25)16-8-6-15(7-9-16)21-22-20-23(3)18-11-10-17(26-4)12-19(18)27-20;1-2(3)4/h6-12,14,25H,5,13H2,1-4H3;1H3,(H,3,4)/q+1;/p-1. The summed E-state index contributed by atoms with van der Waals surface area (Å²) in [4.78, 5) is 11.0. The van der Waals surface area contributed by atoms with Crippen LogP contribution < -0.4 is 19.3 Å². The lowest BCUT2D eigenvalue weighted by molar-refractivity contribution is -0.627. The van der Waals surface area contributed by atoms with Crippen molar-refractivity contribution < 1.29 is 24.3 Å². The third kappa shape index (κ3) is 6.47. The maximum atomic E-state index is 9.40. The van der Waals surface area contributed by atoms with Gasteiger partial charge < -0.3 is 24.6 Å². The summed E-state index contributed by atoms with van der Waals surface area (Å²) >= 11 is 1.58. The number of azo groups is 1. The van der Waals surface area contributed by atoms with Crippen molar-refractivity contribution in [1.29, 1.82) is 0 Å². The van der Waals surface area contributed by atoms with E-state index < -0.39 is 5.97 Å². The molecule has 3 rings (SSSR count). The molecular weight excluding hydrogens is 416 g/mol. The minimum atomic E-state index is -1.08. The van der Waals surface area contributed by atoms with Crippen LogP contribution in [-0.4, -0.2) is 37.4 Å². The normalized spacial score (nSPS) is 11.8. The number of nitrogens with zero attached hydrogens (tertiary/aromatic N) is 4. The van der Waals surface area contributed by atoms with Crippen molar-refractivity contribution in [2.45, 2.75) is 26.8 Å². The number of aliphatic hydroxyl groups excluding tert-OH is 1. The summed E-state index contributed by atoms with van der Waals surface area (Å²) in [5.41, 5.74) is 2.96. The third-order valence-corrected chi connectivity index (χ3v) is 5.67. The van der Waals surface area contributed by atoms with E-state index in [1.807, 2.05) is 61.0 Å². The number of fused-ring (bicyclic) bond motifs is 1. The molecule has 1 atom stereocenters. The number of aryl methyl sites for hydroxylation is 1. The van der Waals surface area contributed by atoms with Gasteiger partial charge in [-0.15, -0.1) is 0 Å². The SMILES string of the molecule is CC(=O)[O-].CCN(c1ccc(N=Nc2sc3cc(OC)ccc3[n+]2C)cc1)C(C)CO. The van der Waals surface area contributed by atoms with Crippen molar-refractivity contribution in [2.24, 2.45) is 17.3 Å². The molecule has 0 spiro atoms. The van der Waals surface area contributed by atoms with Crippen molar-refractivity contribution >= 4 is 44.0 Å². The number of likely N-dealkylation sites (N-methyl/N-ethyl adjacent to an activating group) is 1. The highest BCUT2D eigenvalue weighted by molar-refractivity contribution is 7.21. The van der Waals surface area contributed by atoms with Crippen molar-refractivity contribution in [3.05, 3.63) is 42.5 Å². The van der Waals surface area contributed by atoms with Gasteiger partial charge in [0.25, 0.3) is 0 Å². The largest absolute Gasteiger partial charge is 0.550 e. The van der Waals surface area contributed by atoms with E-state index >= 15 is 0 Å². The highest BCUT2D eigenvalue weighted by Gasteiger charge is 2.17. The molecule has 1 aromatic heterocycles. The number of hydrogen-bond donors (Lipinski definition) is 1. The van der Waals surface area contributed by atoms with Crippen LogP contribution >= 0.6 is 11.3 Å². The van der Waals surface area contributed by atoms with E-state index in [2.05, 4.69) is 22.1 Å². The molecule has 0 aliphatic rings. The number of ether oxygens (including phenoxy) is 1. The number of carboxylic acids is 1. The first-order chi connectivity index (χ1) is 14.8. The molecule has 0 amide bonds. The molecule has 8 nitrogen and oxygen atoms in total. The van der Waals surface area contributed by atoms with Gasteiger partial charge in [-0.1, -0.05) is 0 Å². The molecule has 0 aliphatic carbocycles. The second kappa shape index (κ2) is 11.4. The predicted molar refractivity (Wildman–Crippen MR) is 120 cm³/mol. The van der Waals surface area contributed by atoms with E-state index in [1.54, 1.807) is 18.4 Å². The Bertz CT molecular complexity index is 1030. The van der Waals surface area contributed by atoms with Gasteiger partial charge in [-0.3, -0.25) is 0 Å². The predicted octanol–water partition coefficient (Wildman–Crippen LogP) is 3.11. The highest BCUT2D eigenvalue weighted by atomic mass is 32.1. The second-order valence-electron chi connectivity index (χ2n) is 6.80. The summed E-state index contributed by atoms with van der Waals surface area (Å²) in [6.45, 7) is 6.02. The smallest absolute Gasteiger partial charge is 0.409 e. The van der Waals surface area contributed by atoms with Crippen LogP contribution in [0.2, 0.25) is 0 Å². The molecule has 9 heteroatoms. The number of carbonyl (C=O) groups is 1. The van der Waals surface area contributed by atoms with Crippen LogP contribution in [0.1, 0.15) is 20.8 Å². The Kier molecular flexibility index (Phi) is 8.89. The first-order valence-electron chi connectivity index (χ1n) is 9.84. The molecule has 0 saturated carbocycles. The van der Waals surface area contributed by atoms with Gasteiger partial charge in [-0.05, 0) is 73.6 Å². The minimum absolute atomic E-state index is 0.0806. The van der Waals surface area contributed by atoms with Gasteiger partial charge in [0, 0.05) is 30.3 Å². The maximum Gasteiger partial charge on any atom is 0.409 e. The molecular formula is C22H28N4O4S. The first kappa shape index (κ1) is 24.2. The quantitative estimate of drug-likeness (QED) is 0.446. The summed E-state index contributed by atoms with van der Waals surface area (Å²) in [7, 11) is 3.65. The summed E-state index contributed by atoms with van der Waals surface area (Å²) in [6, 6.07) is 14.0. The third-order valence-electron chi connectivity index (χ3n) is 4.59. The Morgan fingerprint density at radius 3 is 2.45 bits per heavy atom. The minimum Gasteiger partial charge on any atom is -0.550 e. The number of carbonyl (C=O) groups excluding carboxylic acids is 1. The number of anilines is 1. The molecule has 2 aromatic carbocycles. The number of hydrogen-bond acceptors (Lipinski definition) is 8. The van der Waals surface area contributed by atoms with Gasteiger partial charge in [-0.25, -0.2) is 4.57 Å². The molecule has 166 valence electrons. The number of benzene rings is 2.